The van der Waals surface area contributed by atoms with Gasteiger partial charge in [0, 0.05) is 17.5 Å². The first-order chi connectivity index (χ1) is 14.5. The lowest BCUT2D eigenvalue weighted by atomic mass is 10.1. The molecule has 1 heterocycles. The third-order valence-corrected chi connectivity index (χ3v) is 6.51. The summed E-state index contributed by atoms with van der Waals surface area (Å²) in [5, 5.41) is 19.7. The van der Waals surface area contributed by atoms with Gasteiger partial charge in [0.25, 0.3) is 5.69 Å². The molecule has 30 heavy (non-hydrogen) atoms. The molecule has 156 valence electrons. The number of rotatable bonds is 8. The number of aryl methyl sites for hydroxylation is 1. The second-order valence-corrected chi connectivity index (χ2v) is 8.74. The first-order valence-electron chi connectivity index (χ1n) is 9.40. The maximum Gasteiger partial charge on any atom is 0.316 e. The first-order valence-corrected chi connectivity index (χ1v) is 11.5. The zero-order chi connectivity index (χ0) is 21.5. The molecule has 0 aliphatic rings. The predicted octanol–water partition coefficient (Wildman–Crippen LogP) is 5.33. The molecule has 2 atom stereocenters. The van der Waals surface area contributed by atoms with Crippen LogP contribution in [0, 0.1) is 10.1 Å². The van der Waals surface area contributed by atoms with Crippen molar-refractivity contribution in [3.05, 3.63) is 91.9 Å². The number of hydrogen-bond donors (Lipinski definition) is 2. The highest BCUT2D eigenvalue weighted by Gasteiger charge is 2.21. The van der Waals surface area contributed by atoms with Gasteiger partial charge in [-0.3, -0.25) is 10.1 Å². The molecule has 0 aliphatic carbocycles. The topological polar surface area (TPSA) is 97.2 Å². The number of aromatic nitrogens is 1. The molecule has 1 aromatic heterocycles. The highest BCUT2D eigenvalue weighted by Crippen LogP contribution is 2.25. The van der Waals surface area contributed by atoms with Crippen molar-refractivity contribution in [2.45, 2.75) is 29.9 Å². The molecule has 3 rings (SSSR count). The summed E-state index contributed by atoms with van der Waals surface area (Å²) in [5.41, 5.74) is 2.90. The number of amides is 2. The van der Waals surface area contributed by atoms with E-state index >= 15 is 0 Å². The molecular weight excluding hydrogens is 515 g/mol. The lowest BCUT2D eigenvalue weighted by Crippen LogP contribution is -2.39. The number of nitro groups is 1. The number of halogens is 1. The molecule has 2 aromatic carbocycles. The molecule has 0 saturated carbocycles. The van der Waals surface area contributed by atoms with Crippen LogP contribution < -0.4 is 10.6 Å². The van der Waals surface area contributed by atoms with E-state index in [0.29, 0.717) is 6.42 Å². The van der Waals surface area contributed by atoms with Crippen molar-refractivity contribution in [2.75, 3.05) is 0 Å². The van der Waals surface area contributed by atoms with E-state index in [0.717, 1.165) is 28.2 Å². The lowest BCUT2D eigenvalue weighted by molar-refractivity contribution is -0.384. The van der Waals surface area contributed by atoms with Crippen molar-refractivity contribution in [1.29, 1.82) is 0 Å². The molecule has 0 bridgehead atoms. The Kier molecular flexibility index (Phi) is 7.75. The Balaban J connectivity index is 1.73. The fourth-order valence-electron chi connectivity index (χ4n) is 2.85. The van der Waals surface area contributed by atoms with Gasteiger partial charge in [0.2, 0.25) is 0 Å². The number of urea groups is 1. The fraction of sp³-hybridized carbons (Fsp3) is 0.238. The van der Waals surface area contributed by atoms with Gasteiger partial charge < -0.3 is 10.6 Å². The third-order valence-electron chi connectivity index (χ3n) is 4.47. The van der Waals surface area contributed by atoms with Crippen LogP contribution in [-0.2, 0) is 12.8 Å². The number of thiazole rings is 1. The number of nitrogens with zero attached hydrogens (tertiary/aromatic N) is 2. The van der Waals surface area contributed by atoms with E-state index < -0.39 is 4.92 Å². The fourth-order valence-corrected chi connectivity index (χ4v) is 4.51. The Morgan fingerprint density at radius 1 is 1.17 bits per heavy atom. The third kappa shape index (κ3) is 5.99. The average molecular weight is 536 g/mol. The van der Waals surface area contributed by atoms with Crippen LogP contribution in [0.25, 0.3) is 0 Å². The maximum atomic E-state index is 12.7. The van der Waals surface area contributed by atoms with E-state index in [1.807, 2.05) is 42.6 Å². The lowest BCUT2D eigenvalue weighted by Gasteiger charge is -2.19. The summed E-state index contributed by atoms with van der Waals surface area (Å²) in [7, 11) is 0. The van der Waals surface area contributed by atoms with Gasteiger partial charge in [0.15, 0.2) is 0 Å². The minimum atomic E-state index is -0.425. The molecule has 0 aliphatic heterocycles. The zero-order valence-corrected chi connectivity index (χ0v) is 19.2. The van der Waals surface area contributed by atoms with Crippen molar-refractivity contribution < 1.29 is 9.72 Å². The largest absolute Gasteiger partial charge is 0.329 e. The predicted molar refractivity (Wildman–Crippen MR) is 126 cm³/mol. The minimum Gasteiger partial charge on any atom is -0.329 e. The SMILES string of the molecule is CCc1csc(C(Cc2ccc([N+](=O)[O-])cc2)NC(=O)NC(I)c2ccccc2)n1. The van der Waals surface area contributed by atoms with E-state index in [2.05, 4.69) is 38.2 Å². The summed E-state index contributed by atoms with van der Waals surface area (Å²) in [5.74, 6) is 0. The number of carbonyl (C=O) groups excluding carboxylic acids is 1. The Hall–Kier alpha value is -2.53. The number of hydrogen-bond acceptors (Lipinski definition) is 5. The molecule has 0 spiro atoms. The highest BCUT2D eigenvalue weighted by atomic mass is 127. The Labute approximate surface area is 192 Å². The molecule has 0 fully saturated rings. The molecule has 2 unspecified atom stereocenters. The van der Waals surface area contributed by atoms with Crippen LogP contribution in [0.5, 0.6) is 0 Å². The number of carbonyl (C=O) groups is 1. The normalized spacial score (nSPS) is 12.7. The van der Waals surface area contributed by atoms with Crippen molar-refractivity contribution >= 4 is 45.6 Å². The Bertz CT molecular complexity index is 995. The van der Waals surface area contributed by atoms with Crippen molar-refractivity contribution in [1.82, 2.24) is 15.6 Å². The summed E-state index contributed by atoms with van der Waals surface area (Å²) in [6.45, 7) is 2.03. The molecule has 9 heteroatoms. The monoisotopic (exact) mass is 536 g/mol. The second kappa shape index (κ2) is 10.5. The summed E-state index contributed by atoms with van der Waals surface area (Å²) in [6.07, 6.45) is 1.30. The summed E-state index contributed by atoms with van der Waals surface area (Å²) >= 11 is 3.68. The van der Waals surface area contributed by atoms with Crippen LogP contribution in [0.3, 0.4) is 0 Å². The van der Waals surface area contributed by atoms with Crippen molar-refractivity contribution in [2.24, 2.45) is 0 Å². The smallest absolute Gasteiger partial charge is 0.316 e. The van der Waals surface area contributed by atoms with Gasteiger partial charge in [0.1, 0.15) is 9.06 Å². The van der Waals surface area contributed by atoms with E-state index in [-0.39, 0.29) is 21.8 Å². The van der Waals surface area contributed by atoms with Crippen LogP contribution in [0.1, 0.15) is 38.8 Å². The summed E-state index contributed by atoms with van der Waals surface area (Å²) in [4.78, 5) is 27.8. The molecule has 3 aromatic rings. The van der Waals surface area contributed by atoms with Crippen LogP contribution in [0.15, 0.2) is 60.0 Å². The van der Waals surface area contributed by atoms with Crippen LogP contribution in [0.4, 0.5) is 10.5 Å². The summed E-state index contributed by atoms with van der Waals surface area (Å²) < 4.78 is -0.175. The molecular formula is C21H21IN4O3S. The molecule has 2 N–H and O–H groups in total. The highest BCUT2D eigenvalue weighted by molar-refractivity contribution is 14.1. The van der Waals surface area contributed by atoms with Gasteiger partial charge in [-0.2, -0.15) is 0 Å². The maximum absolute atomic E-state index is 12.7. The van der Waals surface area contributed by atoms with E-state index in [1.54, 1.807) is 12.1 Å². The molecule has 7 nitrogen and oxygen atoms in total. The quantitative estimate of drug-likeness (QED) is 0.134. The Morgan fingerprint density at radius 3 is 2.47 bits per heavy atom. The van der Waals surface area contributed by atoms with Gasteiger partial charge in [-0.1, -0.05) is 72.0 Å². The first kappa shape index (κ1) is 22.2. The van der Waals surface area contributed by atoms with Gasteiger partial charge in [-0.15, -0.1) is 11.3 Å². The van der Waals surface area contributed by atoms with Gasteiger partial charge in [-0.05, 0) is 24.0 Å². The number of non-ortho nitro benzene ring substituents is 1. The van der Waals surface area contributed by atoms with Crippen molar-refractivity contribution in [3.63, 3.8) is 0 Å². The average Bonchev–Trinajstić information content (AvgIpc) is 3.23. The Morgan fingerprint density at radius 2 is 1.87 bits per heavy atom. The van der Waals surface area contributed by atoms with Crippen molar-refractivity contribution in [3.8, 4) is 0 Å². The van der Waals surface area contributed by atoms with Crippen LogP contribution in [0.2, 0.25) is 0 Å². The van der Waals surface area contributed by atoms with Gasteiger partial charge >= 0.3 is 6.03 Å². The zero-order valence-electron chi connectivity index (χ0n) is 16.2. The molecule has 2 amide bonds. The van der Waals surface area contributed by atoms with Gasteiger partial charge in [0.05, 0.1) is 16.7 Å². The second-order valence-electron chi connectivity index (χ2n) is 6.60. The summed E-state index contributed by atoms with van der Waals surface area (Å²) in [6, 6.07) is 15.5. The minimum absolute atomic E-state index is 0.0409. The van der Waals surface area contributed by atoms with Crippen LogP contribution >= 0.6 is 33.9 Å². The number of benzene rings is 2. The van der Waals surface area contributed by atoms with Gasteiger partial charge in [-0.25, -0.2) is 9.78 Å². The number of nitro benzene ring substituents is 1. The van der Waals surface area contributed by atoms with E-state index in [4.69, 9.17) is 0 Å². The van der Waals surface area contributed by atoms with E-state index in [9.17, 15) is 14.9 Å². The van der Waals surface area contributed by atoms with E-state index in [1.165, 1.54) is 23.5 Å². The number of nitrogens with one attached hydrogen (secondary N) is 2. The molecule has 0 saturated heterocycles. The standard InChI is InChI=1S/C21H21IN4O3S/c1-2-16-13-30-20(23-16)18(12-14-8-10-17(11-9-14)26(28)29)24-21(27)25-19(22)15-6-4-3-5-7-15/h3-11,13,18-19H,2,12H2,1H3,(H2,24,25,27). The molecule has 0 radical (unpaired) electrons. The number of alkyl halides is 1. The van der Waals surface area contributed by atoms with Crippen LogP contribution in [-0.4, -0.2) is 15.9 Å².